The van der Waals surface area contributed by atoms with Gasteiger partial charge in [-0.05, 0) is 17.7 Å². The first-order chi connectivity index (χ1) is 10.4. The van der Waals surface area contributed by atoms with Gasteiger partial charge in [0.15, 0.2) is 5.16 Å². The average molecular weight is 293 g/mol. The Hall–Kier alpha value is -2.33. The molecule has 0 amide bonds. The molecule has 0 aliphatic carbocycles. The molecule has 0 spiro atoms. The van der Waals surface area contributed by atoms with Gasteiger partial charge < -0.3 is 0 Å². The molecule has 3 aromatic rings. The second kappa shape index (κ2) is 6.90. The zero-order valence-corrected chi connectivity index (χ0v) is 12.3. The van der Waals surface area contributed by atoms with E-state index in [0.29, 0.717) is 0 Å². The monoisotopic (exact) mass is 293 g/mol. The lowest BCUT2D eigenvalue weighted by Crippen LogP contribution is -1.94. The van der Waals surface area contributed by atoms with E-state index >= 15 is 0 Å². The van der Waals surface area contributed by atoms with Crippen LogP contribution in [0.25, 0.3) is 11.8 Å². The minimum absolute atomic E-state index is 0.862. The Balaban J connectivity index is 1.65. The molecular weight excluding hydrogens is 278 g/mol. The van der Waals surface area contributed by atoms with Crippen molar-refractivity contribution < 1.29 is 0 Å². The van der Waals surface area contributed by atoms with E-state index in [0.717, 1.165) is 16.6 Å². The summed E-state index contributed by atoms with van der Waals surface area (Å²) in [7, 11) is 0. The van der Waals surface area contributed by atoms with Gasteiger partial charge in [0, 0.05) is 11.4 Å². The minimum Gasteiger partial charge on any atom is -0.277 e. The maximum absolute atomic E-state index is 4.18. The fourth-order valence-corrected chi connectivity index (χ4v) is 2.70. The fourth-order valence-electron chi connectivity index (χ4n) is 1.96. The summed E-state index contributed by atoms with van der Waals surface area (Å²) in [5.74, 6) is 0.862. The lowest BCUT2D eigenvalue weighted by molar-refractivity contribution is 0.885. The highest BCUT2D eigenvalue weighted by Gasteiger charge is 2.05. The van der Waals surface area contributed by atoms with Gasteiger partial charge in [-0.15, -0.1) is 10.2 Å². The van der Waals surface area contributed by atoms with Crippen LogP contribution < -0.4 is 0 Å². The first-order valence-corrected chi connectivity index (χ1v) is 7.72. The number of hydrogen-bond donors (Lipinski definition) is 0. The van der Waals surface area contributed by atoms with Crippen LogP contribution in [-0.4, -0.2) is 20.5 Å². The summed E-state index contributed by atoms with van der Waals surface area (Å²) >= 11 is 1.67. The van der Waals surface area contributed by atoms with Gasteiger partial charge in [-0.3, -0.25) is 4.57 Å². The van der Waals surface area contributed by atoms with Gasteiger partial charge in [0.25, 0.3) is 0 Å². The highest BCUT2D eigenvalue weighted by atomic mass is 32.2. The van der Waals surface area contributed by atoms with E-state index in [1.54, 1.807) is 18.1 Å². The van der Waals surface area contributed by atoms with Crippen molar-refractivity contribution in [3.8, 4) is 5.69 Å². The number of hydrogen-bond acceptors (Lipinski definition) is 3. The maximum Gasteiger partial charge on any atom is 0.195 e. The van der Waals surface area contributed by atoms with Crippen LogP contribution in [0.3, 0.4) is 0 Å². The molecule has 0 radical (unpaired) electrons. The van der Waals surface area contributed by atoms with E-state index in [1.807, 2.05) is 53.1 Å². The van der Waals surface area contributed by atoms with Crippen molar-refractivity contribution in [3.63, 3.8) is 0 Å². The summed E-state index contributed by atoms with van der Waals surface area (Å²) in [6.45, 7) is 0. The first-order valence-electron chi connectivity index (χ1n) is 6.73. The van der Waals surface area contributed by atoms with Crippen molar-refractivity contribution in [1.29, 1.82) is 0 Å². The van der Waals surface area contributed by atoms with E-state index in [4.69, 9.17) is 0 Å². The van der Waals surface area contributed by atoms with Crippen LogP contribution in [0, 0.1) is 0 Å². The van der Waals surface area contributed by atoms with Crippen LogP contribution in [0.2, 0.25) is 0 Å². The standard InChI is InChI=1S/C17H15N3S/c1-3-8-15(9-4-1)10-7-13-21-17-19-18-14-20(17)16-11-5-2-6-12-16/h1-12,14H,13H2. The molecule has 0 bridgehead atoms. The first kappa shape index (κ1) is 13.6. The van der Waals surface area contributed by atoms with Crippen molar-refractivity contribution in [2.24, 2.45) is 0 Å². The molecule has 3 nitrogen and oxygen atoms in total. The molecule has 0 aliphatic rings. The second-order valence-corrected chi connectivity index (χ2v) is 5.43. The van der Waals surface area contributed by atoms with Crippen molar-refractivity contribution in [2.45, 2.75) is 5.16 Å². The molecule has 1 aromatic heterocycles. The van der Waals surface area contributed by atoms with E-state index in [2.05, 4.69) is 34.5 Å². The van der Waals surface area contributed by atoms with E-state index in [1.165, 1.54) is 5.56 Å². The molecule has 0 N–H and O–H groups in total. The Bertz CT molecular complexity index is 705. The van der Waals surface area contributed by atoms with E-state index < -0.39 is 0 Å². The van der Waals surface area contributed by atoms with Crippen LogP contribution >= 0.6 is 11.8 Å². The molecule has 0 saturated carbocycles. The summed E-state index contributed by atoms with van der Waals surface area (Å²) in [6.07, 6.45) is 6.01. The molecule has 2 aromatic carbocycles. The lowest BCUT2D eigenvalue weighted by atomic mass is 10.2. The Kier molecular flexibility index (Phi) is 4.49. The van der Waals surface area contributed by atoms with Crippen LogP contribution in [-0.2, 0) is 0 Å². The fraction of sp³-hybridized carbons (Fsp3) is 0.0588. The molecule has 21 heavy (non-hydrogen) atoms. The van der Waals surface area contributed by atoms with Crippen LogP contribution in [0.1, 0.15) is 5.56 Å². The SMILES string of the molecule is C(=Cc1ccccc1)CSc1nncn1-c1ccccc1. The molecule has 0 unspecified atom stereocenters. The predicted octanol–water partition coefficient (Wildman–Crippen LogP) is 4.07. The third kappa shape index (κ3) is 3.61. The Labute approximate surface area is 128 Å². The maximum atomic E-state index is 4.18. The molecule has 0 aliphatic heterocycles. The highest BCUT2D eigenvalue weighted by Crippen LogP contribution is 2.19. The number of aromatic nitrogens is 3. The van der Waals surface area contributed by atoms with Crippen molar-refractivity contribution in [3.05, 3.63) is 78.6 Å². The Morgan fingerprint density at radius 3 is 2.43 bits per heavy atom. The quantitative estimate of drug-likeness (QED) is 0.664. The molecule has 0 atom stereocenters. The Morgan fingerprint density at radius 2 is 1.67 bits per heavy atom. The molecule has 3 rings (SSSR count). The minimum atomic E-state index is 0.862. The Morgan fingerprint density at radius 1 is 0.952 bits per heavy atom. The number of benzene rings is 2. The van der Waals surface area contributed by atoms with Crippen LogP contribution in [0.15, 0.2) is 78.2 Å². The van der Waals surface area contributed by atoms with Gasteiger partial charge in [0.05, 0.1) is 0 Å². The molecular formula is C17H15N3S. The average Bonchev–Trinajstić information content (AvgIpc) is 3.02. The summed E-state index contributed by atoms with van der Waals surface area (Å²) in [5.41, 5.74) is 2.29. The van der Waals surface area contributed by atoms with Gasteiger partial charge in [-0.25, -0.2) is 0 Å². The number of rotatable bonds is 5. The van der Waals surface area contributed by atoms with Crippen LogP contribution in [0.5, 0.6) is 0 Å². The number of nitrogens with zero attached hydrogens (tertiary/aromatic N) is 3. The van der Waals surface area contributed by atoms with Gasteiger partial charge in [0.1, 0.15) is 6.33 Å². The van der Waals surface area contributed by atoms with Crippen molar-refractivity contribution in [1.82, 2.24) is 14.8 Å². The predicted molar refractivity (Wildman–Crippen MR) is 87.6 cm³/mol. The molecule has 104 valence electrons. The van der Waals surface area contributed by atoms with E-state index in [9.17, 15) is 0 Å². The zero-order valence-electron chi connectivity index (χ0n) is 11.5. The van der Waals surface area contributed by atoms with Gasteiger partial charge >= 0.3 is 0 Å². The molecule has 1 heterocycles. The topological polar surface area (TPSA) is 30.7 Å². The molecule has 0 saturated heterocycles. The van der Waals surface area contributed by atoms with Gasteiger partial charge in [-0.1, -0.05) is 72.4 Å². The summed E-state index contributed by atoms with van der Waals surface area (Å²) < 4.78 is 2.00. The third-order valence-corrected chi connectivity index (χ3v) is 3.87. The normalized spacial score (nSPS) is 11.0. The van der Waals surface area contributed by atoms with E-state index in [-0.39, 0.29) is 0 Å². The third-order valence-electron chi connectivity index (χ3n) is 2.97. The summed E-state index contributed by atoms with van der Waals surface area (Å²) in [6, 6.07) is 20.4. The number of para-hydroxylation sites is 1. The number of thioether (sulfide) groups is 1. The largest absolute Gasteiger partial charge is 0.277 e. The summed E-state index contributed by atoms with van der Waals surface area (Å²) in [4.78, 5) is 0. The van der Waals surface area contributed by atoms with Crippen molar-refractivity contribution in [2.75, 3.05) is 5.75 Å². The van der Waals surface area contributed by atoms with Crippen LogP contribution in [0.4, 0.5) is 0 Å². The smallest absolute Gasteiger partial charge is 0.195 e. The summed E-state index contributed by atoms with van der Waals surface area (Å²) in [5, 5.41) is 9.08. The van der Waals surface area contributed by atoms with Gasteiger partial charge in [0.2, 0.25) is 0 Å². The van der Waals surface area contributed by atoms with Gasteiger partial charge in [-0.2, -0.15) is 0 Å². The molecule has 0 fully saturated rings. The lowest BCUT2D eigenvalue weighted by Gasteiger charge is -2.04. The van der Waals surface area contributed by atoms with Crippen molar-refractivity contribution >= 4 is 17.8 Å². The second-order valence-electron chi connectivity index (χ2n) is 4.44. The molecule has 4 heteroatoms. The zero-order chi connectivity index (χ0) is 14.3. The highest BCUT2D eigenvalue weighted by molar-refractivity contribution is 7.99.